The molecule has 0 aliphatic carbocycles. The minimum Gasteiger partial charge on any atom is -0.397 e. The van der Waals surface area contributed by atoms with Gasteiger partial charge >= 0.3 is 0 Å². The Balaban J connectivity index is 2.27. The Morgan fingerprint density at radius 3 is 2.84 bits per heavy atom. The third kappa shape index (κ3) is 3.17. The Bertz CT molecular complexity index is 498. The van der Waals surface area contributed by atoms with E-state index in [9.17, 15) is 4.79 Å². The van der Waals surface area contributed by atoms with Crippen molar-refractivity contribution in [2.24, 2.45) is 0 Å². The predicted molar refractivity (Wildman–Crippen MR) is 77.2 cm³/mol. The first-order valence-electron chi connectivity index (χ1n) is 6.52. The number of nitrogen functional groups attached to an aromatic ring is 1. The summed E-state index contributed by atoms with van der Waals surface area (Å²) in [4.78, 5) is 11.4. The minimum absolute atomic E-state index is 0.0397. The zero-order valence-corrected chi connectivity index (χ0v) is 11.4. The number of carbonyl (C=O) groups excluding carboxylic acids is 1. The van der Waals surface area contributed by atoms with Crippen LogP contribution in [0.1, 0.15) is 32.3 Å². The predicted octanol–water partition coefficient (Wildman–Crippen LogP) is 1.73. The summed E-state index contributed by atoms with van der Waals surface area (Å²) in [6.45, 7) is 4.11. The summed E-state index contributed by atoms with van der Waals surface area (Å²) in [6, 6.07) is 3.78. The minimum atomic E-state index is -0.254. The number of fused-ring (bicyclic) bond motifs is 1. The molecule has 0 fully saturated rings. The van der Waals surface area contributed by atoms with Crippen LogP contribution in [-0.4, -0.2) is 23.2 Å². The van der Waals surface area contributed by atoms with Crippen LogP contribution >= 0.6 is 0 Å². The third-order valence-corrected chi connectivity index (χ3v) is 3.38. The fraction of sp³-hybridized carbons (Fsp3) is 0.500. The summed E-state index contributed by atoms with van der Waals surface area (Å²) in [7, 11) is 0. The first-order valence-corrected chi connectivity index (χ1v) is 6.52. The molecule has 5 nitrogen and oxygen atoms in total. The highest BCUT2D eigenvalue weighted by molar-refractivity contribution is 5.95. The Kier molecular flexibility index (Phi) is 3.66. The van der Waals surface area contributed by atoms with E-state index in [1.807, 2.05) is 26.0 Å². The molecule has 0 aromatic heterocycles. The molecule has 1 aliphatic heterocycles. The van der Waals surface area contributed by atoms with Gasteiger partial charge in [-0.15, -0.1) is 0 Å². The highest BCUT2D eigenvalue weighted by Crippen LogP contribution is 2.32. The van der Waals surface area contributed by atoms with Gasteiger partial charge in [0, 0.05) is 24.3 Å². The van der Waals surface area contributed by atoms with Crippen molar-refractivity contribution in [3.8, 4) is 0 Å². The van der Waals surface area contributed by atoms with Gasteiger partial charge in [0.1, 0.15) is 0 Å². The van der Waals surface area contributed by atoms with E-state index in [4.69, 9.17) is 10.8 Å². The number of aryl methyl sites for hydroxylation is 1. The molecular formula is C14H21N3O2. The van der Waals surface area contributed by atoms with Crippen LogP contribution in [0.2, 0.25) is 0 Å². The van der Waals surface area contributed by atoms with E-state index in [2.05, 4.69) is 10.6 Å². The molecule has 0 saturated carbocycles. The Hall–Kier alpha value is -1.75. The molecule has 5 heteroatoms. The summed E-state index contributed by atoms with van der Waals surface area (Å²) in [6.07, 6.45) is 1.86. The monoisotopic (exact) mass is 263 g/mol. The highest BCUT2D eigenvalue weighted by Gasteiger charge is 2.21. The molecule has 1 aliphatic rings. The van der Waals surface area contributed by atoms with Gasteiger partial charge in [-0.05, 0) is 44.4 Å². The zero-order chi connectivity index (χ0) is 14.0. The average Bonchev–Trinajstić information content (AvgIpc) is 2.30. The number of benzene rings is 1. The number of rotatable bonds is 4. The van der Waals surface area contributed by atoms with Crippen LogP contribution in [0.25, 0.3) is 0 Å². The second-order valence-corrected chi connectivity index (χ2v) is 5.63. The quantitative estimate of drug-likeness (QED) is 0.623. The van der Waals surface area contributed by atoms with Crippen LogP contribution in [0.4, 0.5) is 17.1 Å². The highest BCUT2D eigenvalue weighted by atomic mass is 16.3. The van der Waals surface area contributed by atoms with E-state index < -0.39 is 0 Å². The van der Waals surface area contributed by atoms with Crippen molar-refractivity contribution in [3.63, 3.8) is 0 Å². The molecule has 104 valence electrons. The van der Waals surface area contributed by atoms with Gasteiger partial charge in [0.25, 0.3) is 0 Å². The van der Waals surface area contributed by atoms with Gasteiger partial charge in [-0.2, -0.15) is 0 Å². The maximum Gasteiger partial charge on any atom is 0.224 e. The Morgan fingerprint density at radius 2 is 2.16 bits per heavy atom. The lowest BCUT2D eigenvalue weighted by molar-refractivity contribution is -0.116. The molecule has 1 amide bonds. The first kappa shape index (κ1) is 13.7. The molecule has 0 atom stereocenters. The first-order chi connectivity index (χ1) is 8.91. The average molecular weight is 263 g/mol. The molecule has 1 aromatic rings. The summed E-state index contributed by atoms with van der Waals surface area (Å²) in [5, 5.41) is 15.2. The van der Waals surface area contributed by atoms with Gasteiger partial charge in [-0.1, -0.05) is 0 Å². The third-order valence-electron chi connectivity index (χ3n) is 3.38. The van der Waals surface area contributed by atoms with E-state index in [-0.39, 0.29) is 18.1 Å². The Labute approximate surface area is 113 Å². The number of anilines is 3. The van der Waals surface area contributed by atoms with Crippen LogP contribution in [0.5, 0.6) is 0 Å². The lowest BCUT2D eigenvalue weighted by atomic mass is 9.98. The van der Waals surface area contributed by atoms with E-state index >= 15 is 0 Å². The van der Waals surface area contributed by atoms with Gasteiger partial charge in [0.05, 0.1) is 11.4 Å². The number of nitrogens with two attached hydrogens (primary N) is 1. The number of aliphatic hydroxyl groups excluding tert-OH is 1. The van der Waals surface area contributed by atoms with Gasteiger partial charge in [0.2, 0.25) is 5.91 Å². The summed E-state index contributed by atoms with van der Waals surface area (Å²) in [5.41, 5.74) is 9.15. The van der Waals surface area contributed by atoms with Crippen molar-refractivity contribution in [1.29, 1.82) is 0 Å². The van der Waals surface area contributed by atoms with Crippen molar-refractivity contribution in [2.75, 3.05) is 23.0 Å². The second kappa shape index (κ2) is 5.09. The SMILES string of the molecule is CC(C)(CCO)Nc1cc2c(cc1N)CCC(=O)N2. The number of carbonyl (C=O) groups is 1. The van der Waals surface area contributed by atoms with Gasteiger partial charge in [0.15, 0.2) is 0 Å². The summed E-state index contributed by atoms with van der Waals surface area (Å²) in [5.74, 6) is 0.0397. The lowest BCUT2D eigenvalue weighted by Crippen LogP contribution is -2.32. The van der Waals surface area contributed by atoms with Crippen LogP contribution in [0.3, 0.4) is 0 Å². The molecule has 0 unspecified atom stereocenters. The molecule has 2 rings (SSSR count). The van der Waals surface area contributed by atoms with Crippen molar-refractivity contribution >= 4 is 23.0 Å². The summed E-state index contributed by atoms with van der Waals surface area (Å²) >= 11 is 0. The number of nitrogens with one attached hydrogen (secondary N) is 2. The fourth-order valence-electron chi connectivity index (χ4n) is 2.26. The van der Waals surface area contributed by atoms with E-state index in [0.717, 1.165) is 23.4 Å². The van der Waals surface area contributed by atoms with Crippen molar-refractivity contribution in [2.45, 2.75) is 38.6 Å². The second-order valence-electron chi connectivity index (χ2n) is 5.63. The molecule has 0 bridgehead atoms. The van der Waals surface area contributed by atoms with Gasteiger partial charge in [-0.3, -0.25) is 4.79 Å². The Morgan fingerprint density at radius 1 is 1.42 bits per heavy atom. The smallest absolute Gasteiger partial charge is 0.224 e. The van der Waals surface area contributed by atoms with E-state index in [1.54, 1.807) is 0 Å². The van der Waals surface area contributed by atoms with Crippen LogP contribution in [0, 0.1) is 0 Å². The molecule has 19 heavy (non-hydrogen) atoms. The maximum absolute atomic E-state index is 11.4. The van der Waals surface area contributed by atoms with E-state index in [0.29, 0.717) is 18.5 Å². The molecule has 0 saturated heterocycles. The standard InChI is InChI=1S/C14H21N3O2/c1-14(2,5-6-18)17-12-8-11-9(7-10(12)15)3-4-13(19)16-11/h7-8,17-18H,3-6,15H2,1-2H3,(H,16,19). The van der Waals surface area contributed by atoms with Crippen LogP contribution < -0.4 is 16.4 Å². The van der Waals surface area contributed by atoms with Crippen molar-refractivity contribution in [3.05, 3.63) is 17.7 Å². The van der Waals surface area contributed by atoms with Gasteiger partial charge in [-0.25, -0.2) is 0 Å². The molecule has 0 radical (unpaired) electrons. The lowest BCUT2D eigenvalue weighted by Gasteiger charge is -2.29. The molecule has 1 heterocycles. The topological polar surface area (TPSA) is 87.4 Å². The normalized spacial score (nSPS) is 14.8. The molecular weight excluding hydrogens is 242 g/mol. The number of aliphatic hydroxyl groups is 1. The van der Waals surface area contributed by atoms with Crippen LogP contribution in [0.15, 0.2) is 12.1 Å². The maximum atomic E-state index is 11.4. The largest absolute Gasteiger partial charge is 0.397 e. The van der Waals surface area contributed by atoms with E-state index in [1.165, 1.54) is 0 Å². The molecule has 1 aromatic carbocycles. The molecule has 0 spiro atoms. The number of amides is 1. The van der Waals surface area contributed by atoms with Crippen molar-refractivity contribution < 1.29 is 9.90 Å². The van der Waals surface area contributed by atoms with Crippen LogP contribution in [-0.2, 0) is 11.2 Å². The van der Waals surface area contributed by atoms with Gasteiger partial charge < -0.3 is 21.5 Å². The number of hydrogen-bond donors (Lipinski definition) is 4. The fourth-order valence-corrected chi connectivity index (χ4v) is 2.26. The van der Waals surface area contributed by atoms with Crippen molar-refractivity contribution in [1.82, 2.24) is 0 Å². The number of hydrogen-bond acceptors (Lipinski definition) is 4. The summed E-state index contributed by atoms with van der Waals surface area (Å²) < 4.78 is 0. The zero-order valence-electron chi connectivity index (χ0n) is 11.4. The molecule has 5 N–H and O–H groups in total.